The number of morpholine rings is 3. The van der Waals surface area contributed by atoms with E-state index in [2.05, 4.69) is 109 Å². The Balaban J connectivity index is 0.000000187. The number of carbonyl (C=O) groups is 10. The van der Waals surface area contributed by atoms with E-state index in [4.69, 9.17) is 33.5 Å². The van der Waals surface area contributed by atoms with Gasteiger partial charge in [0.2, 0.25) is 17.3 Å². The van der Waals surface area contributed by atoms with Crippen molar-refractivity contribution in [1.29, 1.82) is 0 Å². The maximum Gasteiger partial charge on any atom is 0.332 e. The average Bonchev–Trinajstić information content (AvgIpc) is 0.790. The fourth-order valence-corrected chi connectivity index (χ4v) is 17.1. The van der Waals surface area contributed by atoms with Crippen LogP contribution in [-0.4, -0.2) is 204 Å². The molecule has 2 atom stereocenters. The molecule has 1 aliphatic carbocycles. The van der Waals surface area contributed by atoms with Crippen molar-refractivity contribution < 1.29 is 86.5 Å². The molecule has 4 fully saturated rings. The van der Waals surface area contributed by atoms with Crippen molar-refractivity contribution in [3.8, 4) is 0 Å². The summed E-state index contributed by atoms with van der Waals surface area (Å²) in [6, 6.07) is 79.4. The van der Waals surface area contributed by atoms with Gasteiger partial charge in [-0.15, -0.1) is 0 Å². The van der Waals surface area contributed by atoms with Crippen LogP contribution in [0.15, 0.2) is 283 Å². The van der Waals surface area contributed by atoms with Crippen molar-refractivity contribution >= 4 is 127 Å². The summed E-state index contributed by atoms with van der Waals surface area (Å²) in [5.74, 6) is -3.70. The molecule has 14 rings (SSSR count). The van der Waals surface area contributed by atoms with Gasteiger partial charge >= 0.3 is 23.9 Å². The Labute approximate surface area is 813 Å². The zero-order valence-corrected chi connectivity index (χ0v) is 80.9. The molecule has 0 bridgehead atoms. The standard InChI is InChI=1S/C39H47N3O6.C38H39N3O5.C35H37N3O7/c1-5-28-10-16-32(17-11-28)42(34-20-14-30(15-21-34)38(46)39(3,4)41-22-24-47-25-23-41)33-18-12-29(13-19-33)37(45)35(40-48-27(2)43)26-31-8-6-7-9-36(31)44;1-5-28-11-17-32(18-12-28)41(34-21-15-31(16-22-34)37(44)38(3,4)40-23-25-45-26-24-40)33-19-13-30(14-20-33)36(43)35(39-46-27(2)42)29-9-7-6-8-10-29;1-5-32(40)44-22-19-31(36-45-25(2)39)33(41)26-11-15-29(16-12-26)38(28-9-7-6-8-10-28)30-17-13-27(14-18-30)34(42)35(3,4)37-20-23-43-24-21-37/h10-21,31,36,44H,5-9,22-26H2,1-4H3;6-22H,5,23-26H2,1-4H3;5-18H,1,19-24H2,2-4H3/b40-35+;39-35+;36-31+. The van der Waals surface area contributed by atoms with Crippen molar-refractivity contribution in [2.45, 2.75) is 150 Å². The number of oxime groups is 3. The molecule has 0 amide bonds. The molecule has 27 heteroatoms. The lowest BCUT2D eigenvalue weighted by Crippen LogP contribution is -2.54. The number of hydrogen-bond acceptors (Lipinski definition) is 27. The van der Waals surface area contributed by atoms with E-state index in [9.17, 15) is 53.1 Å². The van der Waals surface area contributed by atoms with Gasteiger partial charge in [0.05, 0.1) is 69.0 Å². The lowest BCUT2D eigenvalue weighted by Gasteiger charge is -2.39. The third-order valence-electron chi connectivity index (χ3n) is 25.3. The Morgan fingerprint density at radius 1 is 0.374 bits per heavy atom. The van der Waals surface area contributed by atoms with Gasteiger partial charge in [-0.05, 0) is 266 Å². The molecule has 27 nitrogen and oxygen atoms in total. The number of aryl methyl sites for hydroxylation is 2. The lowest BCUT2D eigenvalue weighted by atomic mass is 9.82. The zero-order valence-electron chi connectivity index (χ0n) is 80.9. The number of para-hydroxylation sites is 1. The second-order valence-electron chi connectivity index (χ2n) is 35.7. The van der Waals surface area contributed by atoms with Crippen molar-refractivity contribution in [3.63, 3.8) is 0 Å². The van der Waals surface area contributed by atoms with Crippen molar-refractivity contribution in [1.82, 2.24) is 14.7 Å². The number of esters is 1. The predicted octanol–water partition coefficient (Wildman–Crippen LogP) is 19.9. The van der Waals surface area contributed by atoms with Crippen LogP contribution in [0.3, 0.4) is 0 Å². The Hall–Kier alpha value is -14.0. The molecule has 724 valence electrons. The van der Waals surface area contributed by atoms with Gasteiger partial charge in [0.15, 0.2) is 23.1 Å². The molecule has 1 saturated carbocycles. The van der Waals surface area contributed by atoms with Gasteiger partial charge in [-0.25, -0.2) is 19.2 Å². The topological polar surface area (TPSA) is 312 Å². The number of aliphatic hydroxyl groups is 1. The van der Waals surface area contributed by atoms with Gasteiger partial charge < -0.3 is 53.3 Å². The molecule has 3 aliphatic heterocycles. The summed E-state index contributed by atoms with van der Waals surface area (Å²) in [5, 5.41) is 22.0. The van der Waals surface area contributed by atoms with E-state index in [0.29, 0.717) is 98.1 Å². The van der Waals surface area contributed by atoms with Crippen LogP contribution in [0.25, 0.3) is 0 Å². The molecule has 0 radical (unpaired) electrons. The quantitative estimate of drug-likeness (QED) is 0.00952. The average molecular weight is 1880 g/mol. The third-order valence-corrected chi connectivity index (χ3v) is 25.3. The van der Waals surface area contributed by atoms with Crippen LogP contribution in [0.4, 0.5) is 51.2 Å². The van der Waals surface area contributed by atoms with E-state index in [1.54, 1.807) is 72.8 Å². The van der Waals surface area contributed by atoms with Gasteiger partial charge in [-0.3, -0.25) is 43.5 Å². The van der Waals surface area contributed by atoms with E-state index in [0.717, 1.165) is 116 Å². The first kappa shape index (κ1) is 104. The van der Waals surface area contributed by atoms with Crippen LogP contribution in [0, 0.1) is 5.92 Å². The molecule has 4 aliphatic rings. The van der Waals surface area contributed by atoms with Crippen LogP contribution < -0.4 is 14.7 Å². The van der Waals surface area contributed by atoms with Crippen LogP contribution in [0.1, 0.15) is 194 Å². The number of nitrogens with zero attached hydrogens (tertiary/aromatic N) is 9. The third kappa shape index (κ3) is 27.3. The Bertz CT molecular complexity index is 5990. The first-order valence-electron chi connectivity index (χ1n) is 47.2. The van der Waals surface area contributed by atoms with E-state index in [1.165, 1.54) is 31.9 Å². The highest BCUT2D eigenvalue weighted by Crippen LogP contribution is 2.41. The molecule has 3 saturated heterocycles. The molecule has 0 spiro atoms. The number of rotatable bonds is 36. The first-order chi connectivity index (χ1) is 66.9. The minimum absolute atomic E-state index is 0.0376. The van der Waals surface area contributed by atoms with Crippen molar-refractivity contribution in [3.05, 3.63) is 318 Å². The number of hydrogen-bond donors (Lipinski definition) is 1. The summed E-state index contributed by atoms with van der Waals surface area (Å²) >= 11 is 0. The highest BCUT2D eigenvalue weighted by atomic mass is 16.7. The fourth-order valence-electron chi connectivity index (χ4n) is 17.1. The van der Waals surface area contributed by atoms with Crippen LogP contribution in [0.5, 0.6) is 0 Å². The minimum atomic E-state index is -0.686. The summed E-state index contributed by atoms with van der Waals surface area (Å²) in [6.45, 7) is 30.9. The summed E-state index contributed by atoms with van der Waals surface area (Å²) in [7, 11) is 0. The van der Waals surface area contributed by atoms with Crippen LogP contribution >= 0.6 is 0 Å². The summed E-state index contributed by atoms with van der Waals surface area (Å²) < 4.78 is 21.4. The van der Waals surface area contributed by atoms with Gasteiger partial charge in [-0.1, -0.05) is 122 Å². The van der Waals surface area contributed by atoms with E-state index in [1.807, 2.05) is 180 Å². The maximum absolute atomic E-state index is 13.7. The van der Waals surface area contributed by atoms with Crippen LogP contribution in [0.2, 0.25) is 0 Å². The maximum atomic E-state index is 13.7. The van der Waals surface area contributed by atoms with Crippen molar-refractivity contribution in [2.75, 3.05) is 100 Å². The lowest BCUT2D eigenvalue weighted by molar-refractivity contribution is -0.141. The SMILES string of the molecule is C=CC(=O)OCC/C(=N\OC(C)=O)C(=O)c1ccc(N(c2ccccc2)c2ccc(C(=O)C(C)(C)N3CCOCC3)cc2)cc1.CCc1ccc(N(c2ccc(C(=O)/C(=N/OC(C)=O)c3ccccc3)cc2)c2ccc(C(=O)C(C)(C)N3CCOCC3)cc2)cc1.CCc1ccc(N(c2ccc(C(=O)/C(CC3CCCCC3O)=N/OC(C)=O)cc2)c2ccc(C(=O)C(C)(C)N3CCOCC3)cc2)cc1. The number of aliphatic hydroxyl groups excluding tert-OH is 1. The molecule has 10 aromatic rings. The number of ketones is 6. The van der Waals surface area contributed by atoms with Crippen molar-refractivity contribution in [2.24, 2.45) is 21.4 Å². The molecule has 3 heterocycles. The van der Waals surface area contributed by atoms with Gasteiger partial charge in [-0.2, -0.15) is 0 Å². The molecule has 139 heavy (non-hydrogen) atoms. The zero-order chi connectivity index (χ0) is 99.3. The molecular formula is C112H123N9O18. The van der Waals surface area contributed by atoms with Gasteiger partial charge in [0, 0.05) is 169 Å². The number of anilines is 9. The highest BCUT2D eigenvalue weighted by Gasteiger charge is 2.40. The molecular weight excluding hydrogens is 1760 g/mol. The van der Waals surface area contributed by atoms with Gasteiger partial charge in [0.1, 0.15) is 11.4 Å². The molecule has 0 aromatic heterocycles. The van der Waals surface area contributed by atoms with E-state index in [-0.39, 0.29) is 71.4 Å². The summed E-state index contributed by atoms with van der Waals surface area (Å²) in [5.41, 5.74) is 11.8. The fraction of sp³-hybridized carbons (Fsp3) is 0.330. The number of carbonyl (C=O) groups excluding carboxylic acids is 10. The summed E-state index contributed by atoms with van der Waals surface area (Å²) in [4.78, 5) is 154. The van der Waals surface area contributed by atoms with Gasteiger partial charge in [0.25, 0.3) is 0 Å². The Kier molecular flexibility index (Phi) is 36.9. The number of ether oxygens (including phenoxy) is 4. The second kappa shape index (κ2) is 49.3. The van der Waals surface area contributed by atoms with Crippen LogP contribution in [-0.2, 0) is 65.5 Å². The Morgan fingerprint density at radius 3 is 0.986 bits per heavy atom. The normalized spacial score (nSPS) is 15.7. The van der Waals surface area contributed by atoms with E-state index < -0.39 is 52.4 Å². The second-order valence-corrected chi connectivity index (χ2v) is 35.7. The molecule has 10 aromatic carbocycles. The molecule has 2 unspecified atom stereocenters. The minimum Gasteiger partial charge on any atom is -0.462 e. The first-order valence-corrected chi connectivity index (χ1v) is 47.2. The van der Waals surface area contributed by atoms with E-state index >= 15 is 0 Å². The Morgan fingerprint density at radius 2 is 0.662 bits per heavy atom. The molecule has 1 N–H and O–H groups in total. The smallest absolute Gasteiger partial charge is 0.332 e. The monoisotopic (exact) mass is 1880 g/mol. The highest BCUT2D eigenvalue weighted by molar-refractivity contribution is 6.51. The predicted molar refractivity (Wildman–Crippen MR) is 539 cm³/mol. The number of benzene rings is 10. The largest absolute Gasteiger partial charge is 0.462 e. The summed E-state index contributed by atoms with van der Waals surface area (Å²) in [6.07, 6.45) is 5.91. The number of Topliss-reactive ketones (excluding diaryl/α,β-unsaturated/α-hetero) is 6.